The van der Waals surface area contributed by atoms with Crippen molar-refractivity contribution < 1.29 is 23.1 Å². The van der Waals surface area contributed by atoms with Crippen molar-refractivity contribution in [3.8, 4) is 0 Å². The van der Waals surface area contributed by atoms with E-state index in [4.69, 9.17) is 5.11 Å². The normalized spacial score (nSPS) is 18.7. The molecule has 138 valence electrons. The van der Waals surface area contributed by atoms with E-state index in [2.05, 4.69) is 5.32 Å². The van der Waals surface area contributed by atoms with Gasteiger partial charge in [0.2, 0.25) is 15.9 Å². The molecule has 1 amide bonds. The predicted octanol–water partition coefficient (Wildman–Crippen LogP) is 1.70. The zero-order valence-corrected chi connectivity index (χ0v) is 15.1. The molecule has 1 aromatic rings. The number of aliphatic carboxylic acids is 1. The van der Waals surface area contributed by atoms with E-state index in [0.717, 1.165) is 5.56 Å². The van der Waals surface area contributed by atoms with Crippen LogP contribution in [0, 0.1) is 5.92 Å². The van der Waals surface area contributed by atoms with E-state index in [1.54, 1.807) is 25.1 Å². The van der Waals surface area contributed by atoms with Gasteiger partial charge < -0.3 is 10.4 Å². The summed E-state index contributed by atoms with van der Waals surface area (Å²) in [7, 11) is -3.29. The Bertz CT molecular complexity index is 732. The van der Waals surface area contributed by atoms with Crippen molar-refractivity contribution in [2.45, 2.75) is 32.6 Å². The van der Waals surface area contributed by atoms with Crippen molar-refractivity contribution in [3.63, 3.8) is 0 Å². The van der Waals surface area contributed by atoms with Gasteiger partial charge in [-0.2, -0.15) is 0 Å². The van der Waals surface area contributed by atoms with Gasteiger partial charge in [0.25, 0.3) is 0 Å². The summed E-state index contributed by atoms with van der Waals surface area (Å²) in [6.45, 7) is 2.27. The number of amides is 1. The lowest BCUT2D eigenvalue weighted by atomic mass is 9.98. The third-order valence-corrected chi connectivity index (χ3v) is 6.18. The van der Waals surface area contributed by atoms with E-state index in [9.17, 15) is 18.0 Å². The number of nitrogens with one attached hydrogen (secondary N) is 1. The number of hydrogen-bond donors (Lipinski definition) is 2. The van der Waals surface area contributed by atoms with Crippen LogP contribution in [0.3, 0.4) is 0 Å². The molecule has 0 bridgehead atoms. The first-order chi connectivity index (χ1) is 11.8. The van der Waals surface area contributed by atoms with Crippen LogP contribution < -0.4 is 5.32 Å². The van der Waals surface area contributed by atoms with Crippen molar-refractivity contribution in [1.29, 1.82) is 0 Å². The second-order valence-corrected chi connectivity index (χ2v) is 8.44. The SMILES string of the molecule is CCS(=O)(=O)N1CCCC(C(=O)Nc2cccc(CCC(=O)O)c2)C1. The monoisotopic (exact) mass is 368 g/mol. The number of carboxylic acid groups (broad SMARTS) is 1. The molecule has 1 saturated heterocycles. The minimum atomic E-state index is -3.29. The molecule has 8 heteroatoms. The van der Waals surface area contributed by atoms with E-state index in [0.29, 0.717) is 31.5 Å². The van der Waals surface area contributed by atoms with Crippen molar-refractivity contribution in [2.75, 3.05) is 24.2 Å². The molecule has 2 rings (SSSR count). The summed E-state index contributed by atoms with van der Waals surface area (Å²) in [4.78, 5) is 23.1. The maximum Gasteiger partial charge on any atom is 0.303 e. The van der Waals surface area contributed by atoms with Crippen LogP contribution in [0.1, 0.15) is 31.7 Å². The van der Waals surface area contributed by atoms with E-state index in [1.807, 2.05) is 6.07 Å². The van der Waals surface area contributed by atoms with Crippen LogP contribution in [0.5, 0.6) is 0 Å². The fourth-order valence-corrected chi connectivity index (χ4v) is 4.07. The number of carboxylic acids is 1. The lowest BCUT2D eigenvalue weighted by molar-refractivity contribution is -0.137. The first kappa shape index (κ1) is 19.4. The Morgan fingerprint density at radius 2 is 2.12 bits per heavy atom. The molecule has 1 unspecified atom stereocenters. The molecule has 0 radical (unpaired) electrons. The Labute approximate surface area is 148 Å². The summed E-state index contributed by atoms with van der Waals surface area (Å²) >= 11 is 0. The van der Waals surface area contributed by atoms with E-state index >= 15 is 0 Å². The Balaban J connectivity index is 1.99. The molecule has 1 heterocycles. The fourth-order valence-electron chi connectivity index (χ4n) is 2.89. The second kappa shape index (κ2) is 8.44. The Morgan fingerprint density at radius 3 is 2.80 bits per heavy atom. The van der Waals surface area contributed by atoms with Crippen LogP contribution in [0.2, 0.25) is 0 Å². The highest BCUT2D eigenvalue weighted by Gasteiger charge is 2.31. The van der Waals surface area contributed by atoms with Gasteiger partial charge in [-0.05, 0) is 43.9 Å². The molecular weight excluding hydrogens is 344 g/mol. The lowest BCUT2D eigenvalue weighted by Crippen LogP contribution is -2.44. The van der Waals surface area contributed by atoms with Gasteiger partial charge in [-0.25, -0.2) is 12.7 Å². The molecule has 2 N–H and O–H groups in total. The lowest BCUT2D eigenvalue weighted by Gasteiger charge is -2.30. The molecular formula is C17H24N2O5S. The van der Waals surface area contributed by atoms with Gasteiger partial charge in [0, 0.05) is 25.2 Å². The number of piperidine rings is 1. The molecule has 0 spiro atoms. The highest BCUT2D eigenvalue weighted by Crippen LogP contribution is 2.21. The number of anilines is 1. The van der Waals surface area contributed by atoms with Gasteiger partial charge >= 0.3 is 5.97 Å². The van der Waals surface area contributed by atoms with Crippen LogP contribution in [0.25, 0.3) is 0 Å². The Kier molecular flexibility index (Phi) is 6.55. The van der Waals surface area contributed by atoms with Crippen molar-refractivity contribution in [3.05, 3.63) is 29.8 Å². The zero-order chi connectivity index (χ0) is 18.4. The number of carbonyl (C=O) groups is 2. The van der Waals surface area contributed by atoms with Crippen molar-refractivity contribution >= 4 is 27.6 Å². The Hall–Kier alpha value is -1.93. The molecule has 1 aromatic carbocycles. The summed E-state index contributed by atoms with van der Waals surface area (Å²) in [6, 6.07) is 7.08. The third kappa shape index (κ3) is 5.54. The minimum absolute atomic E-state index is 0.0316. The summed E-state index contributed by atoms with van der Waals surface area (Å²) in [5.41, 5.74) is 1.43. The third-order valence-electron chi connectivity index (χ3n) is 4.34. The number of benzene rings is 1. The summed E-state index contributed by atoms with van der Waals surface area (Å²) in [5, 5.41) is 11.6. The average molecular weight is 368 g/mol. The van der Waals surface area contributed by atoms with Gasteiger partial charge in [0.15, 0.2) is 0 Å². The topological polar surface area (TPSA) is 104 Å². The molecule has 0 aromatic heterocycles. The van der Waals surface area contributed by atoms with Gasteiger partial charge in [-0.1, -0.05) is 12.1 Å². The first-order valence-electron chi connectivity index (χ1n) is 8.41. The zero-order valence-electron chi connectivity index (χ0n) is 14.3. The maximum absolute atomic E-state index is 12.5. The molecule has 1 aliphatic rings. The van der Waals surface area contributed by atoms with Crippen molar-refractivity contribution in [2.24, 2.45) is 5.92 Å². The molecule has 7 nitrogen and oxygen atoms in total. The summed E-state index contributed by atoms with van der Waals surface area (Å²) in [5.74, 6) is -1.41. The van der Waals surface area contributed by atoms with Crippen LogP contribution in [0.15, 0.2) is 24.3 Å². The number of rotatable bonds is 7. The molecule has 1 aliphatic heterocycles. The number of sulfonamides is 1. The molecule has 0 saturated carbocycles. The predicted molar refractivity (Wildman–Crippen MR) is 94.8 cm³/mol. The number of hydrogen-bond acceptors (Lipinski definition) is 4. The van der Waals surface area contributed by atoms with E-state index in [1.165, 1.54) is 4.31 Å². The fraction of sp³-hybridized carbons (Fsp3) is 0.529. The van der Waals surface area contributed by atoms with Gasteiger partial charge in [0.05, 0.1) is 11.7 Å². The van der Waals surface area contributed by atoms with Gasteiger partial charge in [0.1, 0.15) is 0 Å². The number of nitrogens with zero attached hydrogens (tertiary/aromatic N) is 1. The number of aryl methyl sites for hydroxylation is 1. The van der Waals surface area contributed by atoms with Crippen LogP contribution in [-0.4, -0.2) is 48.5 Å². The molecule has 1 fully saturated rings. The van der Waals surface area contributed by atoms with Crippen LogP contribution in [0.4, 0.5) is 5.69 Å². The quantitative estimate of drug-likeness (QED) is 0.762. The maximum atomic E-state index is 12.5. The molecule has 1 atom stereocenters. The van der Waals surface area contributed by atoms with E-state index in [-0.39, 0.29) is 30.5 Å². The molecule has 25 heavy (non-hydrogen) atoms. The van der Waals surface area contributed by atoms with Gasteiger partial charge in [-0.3, -0.25) is 9.59 Å². The summed E-state index contributed by atoms with van der Waals surface area (Å²) < 4.78 is 25.4. The van der Waals surface area contributed by atoms with E-state index < -0.39 is 16.0 Å². The molecule has 0 aliphatic carbocycles. The number of carbonyl (C=O) groups excluding carboxylic acids is 1. The highest BCUT2D eigenvalue weighted by molar-refractivity contribution is 7.89. The summed E-state index contributed by atoms with van der Waals surface area (Å²) in [6.07, 6.45) is 1.74. The van der Waals surface area contributed by atoms with Crippen LogP contribution in [-0.2, 0) is 26.0 Å². The Morgan fingerprint density at radius 1 is 1.36 bits per heavy atom. The largest absolute Gasteiger partial charge is 0.481 e. The highest BCUT2D eigenvalue weighted by atomic mass is 32.2. The minimum Gasteiger partial charge on any atom is -0.481 e. The van der Waals surface area contributed by atoms with Gasteiger partial charge in [-0.15, -0.1) is 0 Å². The second-order valence-electron chi connectivity index (χ2n) is 6.18. The van der Waals surface area contributed by atoms with Crippen molar-refractivity contribution in [1.82, 2.24) is 4.31 Å². The van der Waals surface area contributed by atoms with Crippen LogP contribution >= 0.6 is 0 Å². The average Bonchev–Trinajstić information content (AvgIpc) is 2.60. The standard InChI is InChI=1S/C17H24N2O5S/c1-2-25(23,24)19-10-4-6-14(12-19)17(22)18-15-7-3-5-13(11-15)8-9-16(20)21/h3,5,7,11,14H,2,4,6,8-10,12H2,1H3,(H,18,22)(H,20,21). The smallest absolute Gasteiger partial charge is 0.303 e. The first-order valence-corrected chi connectivity index (χ1v) is 10.0.